The van der Waals surface area contributed by atoms with Crippen molar-refractivity contribution in [2.45, 2.75) is 13.0 Å². The summed E-state index contributed by atoms with van der Waals surface area (Å²) >= 11 is 0. The van der Waals surface area contributed by atoms with E-state index in [1.54, 1.807) is 23.3 Å². The minimum absolute atomic E-state index is 0.0303. The highest BCUT2D eigenvalue weighted by molar-refractivity contribution is 5.93. The van der Waals surface area contributed by atoms with Crippen molar-refractivity contribution >= 4 is 17.3 Å². The second-order valence-corrected chi connectivity index (χ2v) is 5.39. The highest BCUT2D eigenvalue weighted by Crippen LogP contribution is 2.28. The third-order valence-corrected chi connectivity index (χ3v) is 3.54. The first-order valence-corrected chi connectivity index (χ1v) is 7.77. The summed E-state index contributed by atoms with van der Waals surface area (Å²) in [4.78, 5) is 24.4. The minimum Gasteiger partial charge on any atom is -0.494 e. The third-order valence-electron chi connectivity index (χ3n) is 3.54. The highest BCUT2D eigenvalue weighted by Gasteiger charge is 2.16. The fourth-order valence-corrected chi connectivity index (χ4v) is 2.33. The topological polar surface area (TPSA) is 122 Å². The summed E-state index contributed by atoms with van der Waals surface area (Å²) in [6.07, 6.45) is 1.81. The minimum atomic E-state index is -0.541. The Labute approximate surface area is 149 Å². The molecule has 1 heterocycles. The Morgan fingerprint density at radius 3 is 2.88 bits per heavy atom. The van der Waals surface area contributed by atoms with Gasteiger partial charge in [0.1, 0.15) is 11.5 Å². The Kier molecular flexibility index (Phi) is 6.70. The van der Waals surface area contributed by atoms with Crippen molar-refractivity contribution in [3.8, 4) is 11.8 Å². The van der Waals surface area contributed by atoms with Crippen LogP contribution in [0.4, 0.5) is 11.4 Å². The zero-order valence-corrected chi connectivity index (χ0v) is 14.2. The van der Waals surface area contributed by atoms with Gasteiger partial charge in [0.05, 0.1) is 49.2 Å². The van der Waals surface area contributed by atoms with Crippen LogP contribution < -0.4 is 10.1 Å². The molecule has 0 bridgehead atoms. The molecule has 9 nitrogen and oxygen atoms in total. The Morgan fingerprint density at radius 1 is 1.46 bits per heavy atom. The molecule has 26 heavy (non-hydrogen) atoms. The van der Waals surface area contributed by atoms with Crippen LogP contribution in [-0.2, 0) is 11.3 Å². The van der Waals surface area contributed by atoms with E-state index in [0.29, 0.717) is 24.5 Å². The lowest BCUT2D eigenvalue weighted by Gasteiger charge is -2.19. The van der Waals surface area contributed by atoms with Crippen LogP contribution in [0.5, 0.6) is 5.75 Å². The first-order valence-electron chi connectivity index (χ1n) is 7.77. The molecule has 0 aliphatic rings. The van der Waals surface area contributed by atoms with E-state index in [-0.39, 0.29) is 30.3 Å². The third kappa shape index (κ3) is 5.32. The van der Waals surface area contributed by atoms with Gasteiger partial charge in [0.15, 0.2) is 0 Å². The van der Waals surface area contributed by atoms with Crippen molar-refractivity contribution in [2.75, 3.05) is 25.5 Å². The molecule has 136 valence electrons. The van der Waals surface area contributed by atoms with Crippen molar-refractivity contribution in [1.29, 1.82) is 5.26 Å². The number of anilines is 1. The van der Waals surface area contributed by atoms with Crippen molar-refractivity contribution in [3.63, 3.8) is 0 Å². The molecule has 1 aromatic heterocycles. The van der Waals surface area contributed by atoms with Gasteiger partial charge in [0, 0.05) is 19.0 Å². The Morgan fingerprint density at radius 2 is 2.27 bits per heavy atom. The van der Waals surface area contributed by atoms with Gasteiger partial charge in [-0.05, 0) is 18.2 Å². The van der Waals surface area contributed by atoms with E-state index in [1.165, 1.54) is 25.3 Å². The number of rotatable bonds is 9. The molecule has 0 spiro atoms. The number of amides is 1. The summed E-state index contributed by atoms with van der Waals surface area (Å²) in [5.41, 5.74) is 0.203. The van der Waals surface area contributed by atoms with Gasteiger partial charge < -0.3 is 14.5 Å². The molecule has 0 saturated heterocycles. The van der Waals surface area contributed by atoms with Gasteiger partial charge >= 0.3 is 0 Å². The molecule has 0 saturated carbocycles. The molecular weight excluding hydrogens is 340 g/mol. The number of non-ortho nitro benzene ring substituents is 1. The molecule has 2 aromatic rings. The standard InChI is InChI=1S/C17H18N4O5/c1-25-16-10-13(21(23)24)5-6-15(16)19-17(22)12-20(8-3-7-18)11-14-4-2-9-26-14/h2,4-6,9-10H,3,8,11-12H2,1H3,(H,19,22). The summed E-state index contributed by atoms with van der Waals surface area (Å²) in [6.45, 7) is 0.823. The zero-order valence-electron chi connectivity index (χ0n) is 14.2. The number of nitro benzene ring substituents is 1. The molecule has 1 amide bonds. The van der Waals surface area contributed by atoms with Crippen molar-refractivity contribution in [1.82, 2.24) is 4.90 Å². The van der Waals surface area contributed by atoms with Crippen molar-refractivity contribution < 1.29 is 18.9 Å². The van der Waals surface area contributed by atoms with Gasteiger partial charge in [-0.25, -0.2) is 0 Å². The number of nitrogens with one attached hydrogen (secondary N) is 1. The molecule has 0 atom stereocenters. The maximum atomic E-state index is 12.3. The van der Waals surface area contributed by atoms with Gasteiger partial charge in [-0.3, -0.25) is 19.8 Å². The van der Waals surface area contributed by atoms with Gasteiger partial charge in [-0.2, -0.15) is 5.26 Å². The number of carbonyl (C=O) groups is 1. The highest BCUT2D eigenvalue weighted by atomic mass is 16.6. The number of nitrogens with zero attached hydrogens (tertiary/aromatic N) is 3. The molecule has 1 aromatic carbocycles. The fourth-order valence-electron chi connectivity index (χ4n) is 2.33. The quantitative estimate of drug-likeness (QED) is 0.540. The van der Waals surface area contributed by atoms with Gasteiger partial charge in [-0.1, -0.05) is 0 Å². The number of benzene rings is 1. The lowest BCUT2D eigenvalue weighted by Crippen LogP contribution is -2.33. The molecule has 0 unspecified atom stereocenters. The van der Waals surface area contributed by atoms with E-state index in [9.17, 15) is 14.9 Å². The summed E-state index contributed by atoms with van der Waals surface area (Å²) in [5.74, 6) is 0.549. The van der Waals surface area contributed by atoms with E-state index in [1.807, 2.05) is 6.07 Å². The number of hydrogen-bond acceptors (Lipinski definition) is 7. The fraction of sp³-hybridized carbons (Fsp3) is 0.294. The monoisotopic (exact) mass is 358 g/mol. The summed E-state index contributed by atoms with van der Waals surface area (Å²) < 4.78 is 10.4. The molecule has 0 aliphatic carbocycles. The van der Waals surface area contributed by atoms with E-state index in [4.69, 9.17) is 14.4 Å². The van der Waals surface area contributed by atoms with E-state index in [0.717, 1.165) is 0 Å². The molecule has 0 radical (unpaired) electrons. The molecule has 2 rings (SSSR count). The van der Waals surface area contributed by atoms with Crippen LogP contribution in [0.2, 0.25) is 0 Å². The first kappa shape index (κ1) is 19.0. The number of nitro groups is 1. The molecule has 0 fully saturated rings. The Bertz CT molecular complexity index is 798. The van der Waals surface area contributed by atoms with Crippen LogP contribution in [-0.4, -0.2) is 35.9 Å². The van der Waals surface area contributed by atoms with E-state index in [2.05, 4.69) is 5.32 Å². The maximum absolute atomic E-state index is 12.3. The Hall–Kier alpha value is -3.38. The van der Waals surface area contributed by atoms with Gasteiger partial charge in [-0.15, -0.1) is 0 Å². The van der Waals surface area contributed by atoms with Crippen LogP contribution in [0.15, 0.2) is 41.0 Å². The predicted molar refractivity (Wildman–Crippen MR) is 92.5 cm³/mol. The lowest BCUT2D eigenvalue weighted by molar-refractivity contribution is -0.384. The summed E-state index contributed by atoms with van der Waals surface area (Å²) in [5, 5.41) is 22.3. The van der Waals surface area contributed by atoms with Gasteiger partial charge in [0.2, 0.25) is 5.91 Å². The normalized spacial score (nSPS) is 10.3. The van der Waals surface area contributed by atoms with Crippen LogP contribution in [0.25, 0.3) is 0 Å². The second-order valence-electron chi connectivity index (χ2n) is 5.39. The molecule has 1 N–H and O–H groups in total. The van der Waals surface area contributed by atoms with Crippen molar-refractivity contribution in [3.05, 3.63) is 52.5 Å². The largest absolute Gasteiger partial charge is 0.494 e. The molecule has 9 heteroatoms. The number of carbonyl (C=O) groups excluding carboxylic acids is 1. The van der Waals surface area contributed by atoms with Gasteiger partial charge in [0.25, 0.3) is 5.69 Å². The smallest absolute Gasteiger partial charge is 0.273 e. The summed E-state index contributed by atoms with van der Waals surface area (Å²) in [6, 6.07) is 9.53. The second kappa shape index (κ2) is 9.19. The van der Waals surface area contributed by atoms with Crippen molar-refractivity contribution in [2.24, 2.45) is 0 Å². The summed E-state index contributed by atoms with van der Waals surface area (Å²) in [7, 11) is 1.37. The molecular formula is C17H18N4O5. The van der Waals surface area contributed by atoms with Crippen LogP contribution in [0, 0.1) is 21.4 Å². The van der Waals surface area contributed by atoms with Crippen LogP contribution >= 0.6 is 0 Å². The maximum Gasteiger partial charge on any atom is 0.273 e. The lowest BCUT2D eigenvalue weighted by atomic mass is 10.2. The molecule has 0 aliphatic heterocycles. The number of hydrogen-bond donors (Lipinski definition) is 1. The number of methoxy groups -OCH3 is 1. The van der Waals surface area contributed by atoms with Crippen LogP contribution in [0.3, 0.4) is 0 Å². The average molecular weight is 358 g/mol. The number of ether oxygens (including phenoxy) is 1. The zero-order chi connectivity index (χ0) is 18.9. The number of furan rings is 1. The average Bonchev–Trinajstić information content (AvgIpc) is 3.12. The predicted octanol–water partition coefficient (Wildman–Crippen LogP) is 2.55. The first-order chi connectivity index (χ1) is 12.5. The SMILES string of the molecule is COc1cc([N+](=O)[O-])ccc1NC(=O)CN(CCC#N)Cc1ccco1. The van der Waals surface area contributed by atoms with E-state index < -0.39 is 4.92 Å². The number of nitriles is 1. The van der Waals surface area contributed by atoms with Crippen LogP contribution in [0.1, 0.15) is 12.2 Å². The van der Waals surface area contributed by atoms with E-state index >= 15 is 0 Å². The Balaban J connectivity index is 2.05.